The Morgan fingerprint density at radius 3 is 2.83 bits per heavy atom. The third kappa shape index (κ3) is 3.08. The normalized spacial score (nSPS) is 12.7. The van der Waals surface area contributed by atoms with Gasteiger partial charge in [0.05, 0.1) is 0 Å². The number of aryl methyl sites for hydroxylation is 2. The maximum atomic E-state index is 5.89. The van der Waals surface area contributed by atoms with Crippen molar-refractivity contribution >= 4 is 11.8 Å². The minimum Gasteiger partial charge on any atom is -0.328 e. The Bertz CT molecular complexity index is 535. The van der Waals surface area contributed by atoms with Gasteiger partial charge < -0.3 is 5.73 Å². The van der Waals surface area contributed by atoms with Gasteiger partial charge in [0.2, 0.25) is 5.16 Å². The molecular weight excluding hydrogens is 246 g/mol. The van der Waals surface area contributed by atoms with Crippen molar-refractivity contribution in [3.63, 3.8) is 0 Å². The zero-order chi connectivity index (χ0) is 13.1. The third-order valence-corrected chi connectivity index (χ3v) is 3.69. The van der Waals surface area contributed by atoms with Gasteiger partial charge in [-0.1, -0.05) is 17.7 Å². The van der Waals surface area contributed by atoms with Gasteiger partial charge in [0.1, 0.15) is 0 Å². The molecule has 0 aliphatic carbocycles. The van der Waals surface area contributed by atoms with Crippen LogP contribution in [0.2, 0.25) is 0 Å². The lowest BCUT2D eigenvalue weighted by Gasteiger charge is -2.11. The van der Waals surface area contributed by atoms with Crippen LogP contribution in [0.15, 0.2) is 28.3 Å². The summed E-state index contributed by atoms with van der Waals surface area (Å²) in [5, 5.41) is 12.2. The van der Waals surface area contributed by atoms with Gasteiger partial charge in [-0.05, 0) is 54.1 Å². The zero-order valence-electron chi connectivity index (χ0n) is 10.8. The number of nitrogens with two attached hydrogens (primary N) is 1. The lowest BCUT2D eigenvalue weighted by atomic mass is 10.1. The molecule has 0 fully saturated rings. The molecule has 0 radical (unpaired) electrons. The van der Waals surface area contributed by atoms with Crippen molar-refractivity contribution < 1.29 is 0 Å². The highest BCUT2D eigenvalue weighted by Gasteiger charge is 2.10. The Morgan fingerprint density at radius 2 is 2.22 bits per heavy atom. The molecule has 0 aliphatic rings. The van der Waals surface area contributed by atoms with Gasteiger partial charge in [-0.25, -0.2) is 4.68 Å². The number of nitrogens with zero attached hydrogens (tertiary/aromatic N) is 4. The van der Waals surface area contributed by atoms with E-state index in [0.717, 1.165) is 16.5 Å². The topological polar surface area (TPSA) is 69.6 Å². The second kappa shape index (κ2) is 5.49. The smallest absolute Gasteiger partial charge is 0.213 e. The average Bonchev–Trinajstić information content (AvgIpc) is 2.67. The fraction of sp³-hybridized carbons (Fsp3) is 0.417. The van der Waals surface area contributed by atoms with Gasteiger partial charge in [-0.3, -0.25) is 0 Å². The van der Waals surface area contributed by atoms with Crippen molar-refractivity contribution in [2.75, 3.05) is 0 Å². The van der Waals surface area contributed by atoms with Crippen LogP contribution >= 0.6 is 11.8 Å². The lowest BCUT2D eigenvalue weighted by molar-refractivity contribution is 0.664. The molecule has 2 aromatic rings. The second-order valence-electron chi connectivity index (χ2n) is 4.48. The van der Waals surface area contributed by atoms with Crippen molar-refractivity contribution in [2.24, 2.45) is 12.8 Å². The summed E-state index contributed by atoms with van der Waals surface area (Å²) in [6, 6.07) is 6.52. The van der Waals surface area contributed by atoms with Crippen molar-refractivity contribution in [1.29, 1.82) is 0 Å². The van der Waals surface area contributed by atoms with Crippen LogP contribution in [0.5, 0.6) is 0 Å². The summed E-state index contributed by atoms with van der Waals surface area (Å²) in [4.78, 5) is 1.16. The second-order valence-corrected chi connectivity index (χ2v) is 5.49. The molecule has 2 N–H and O–H groups in total. The van der Waals surface area contributed by atoms with Crippen LogP contribution < -0.4 is 5.73 Å². The quantitative estimate of drug-likeness (QED) is 0.906. The van der Waals surface area contributed by atoms with Crippen molar-refractivity contribution in [3.8, 4) is 0 Å². The number of hydrogen-bond acceptors (Lipinski definition) is 5. The number of tetrazole rings is 1. The molecule has 0 saturated carbocycles. The third-order valence-electron chi connectivity index (χ3n) is 2.54. The maximum Gasteiger partial charge on any atom is 0.213 e. The van der Waals surface area contributed by atoms with Gasteiger partial charge >= 0.3 is 0 Å². The summed E-state index contributed by atoms with van der Waals surface area (Å²) in [5.74, 6) is 0. The summed E-state index contributed by atoms with van der Waals surface area (Å²) in [6.07, 6.45) is 0.856. The number of aromatic nitrogens is 4. The predicted octanol–water partition coefficient (Wildman–Crippen LogP) is 1.56. The highest BCUT2D eigenvalue weighted by molar-refractivity contribution is 7.99. The highest BCUT2D eigenvalue weighted by atomic mass is 32.2. The predicted molar refractivity (Wildman–Crippen MR) is 71.5 cm³/mol. The average molecular weight is 263 g/mol. The zero-order valence-corrected chi connectivity index (χ0v) is 11.6. The van der Waals surface area contributed by atoms with E-state index in [9.17, 15) is 0 Å². The Labute approximate surface area is 111 Å². The van der Waals surface area contributed by atoms with Gasteiger partial charge in [0.15, 0.2) is 0 Å². The molecule has 1 unspecified atom stereocenters. The van der Waals surface area contributed by atoms with Crippen LogP contribution in [0.4, 0.5) is 0 Å². The Morgan fingerprint density at radius 1 is 1.44 bits per heavy atom. The fourth-order valence-electron chi connectivity index (χ4n) is 1.72. The summed E-state index contributed by atoms with van der Waals surface area (Å²) in [7, 11) is 1.84. The molecular formula is C12H17N5S. The van der Waals surface area contributed by atoms with E-state index < -0.39 is 0 Å². The number of benzene rings is 1. The standard InChI is InChI=1S/C12H17N5S/c1-8-4-5-11(10(6-8)7-9(2)13)18-12-14-15-16-17(12)3/h4-6,9H,7,13H2,1-3H3. The van der Waals surface area contributed by atoms with E-state index in [0.29, 0.717) is 0 Å². The first-order valence-corrected chi connectivity index (χ1v) is 6.63. The molecule has 1 aromatic heterocycles. The van der Waals surface area contributed by atoms with E-state index in [1.54, 1.807) is 16.4 Å². The molecule has 5 nitrogen and oxygen atoms in total. The first kappa shape index (κ1) is 13.0. The molecule has 0 spiro atoms. The van der Waals surface area contributed by atoms with Gasteiger partial charge in [-0.15, -0.1) is 5.10 Å². The van der Waals surface area contributed by atoms with E-state index in [1.807, 2.05) is 14.0 Å². The van der Waals surface area contributed by atoms with Crippen LogP contribution in [0.1, 0.15) is 18.1 Å². The van der Waals surface area contributed by atoms with Crippen LogP contribution in [0.25, 0.3) is 0 Å². The minimum atomic E-state index is 0.142. The first-order valence-electron chi connectivity index (χ1n) is 5.81. The van der Waals surface area contributed by atoms with Crippen molar-refractivity contribution in [2.45, 2.75) is 36.4 Å². The SMILES string of the molecule is Cc1ccc(Sc2nnnn2C)c(CC(C)N)c1. The maximum absolute atomic E-state index is 5.89. The summed E-state index contributed by atoms with van der Waals surface area (Å²) in [5.41, 5.74) is 8.38. The molecule has 1 aromatic carbocycles. The van der Waals surface area contributed by atoms with Crippen LogP contribution in [-0.4, -0.2) is 26.2 Å². The monoisotopic (exact) mass is 263 g/mol. The fourth-order valence-corrected chi connectivity index (χ4v) is 2.57. The number of rotatable bonds is 4. The van der Waals surface area contributed by atoms with Gasteiger partial charge in [0.25, 0.3) is 0 Å². The molecule has 2 rings (SSSR count). The molecule has 0 amide bonds. The van der Waals surface area contributed by atoms with E-state index in [2.05, 4.69) is 40.6 Å². The van der Waals surface area contributed by atoms with E-state index in [1.165, 1.54) is 11.1 Å². The minimum absolute atomic E-state index is 0.142. The lowest BCUT2D eigenvalue weighted by Crippen LogP contribution is -2.18. The highest BCUT2D eigenvalue weighted by Crippen LogP contribution is 2.29. The molecule has 0 saturated heterocycles. The summed E-state index contributed by atoms with van der Waals surface area (Å²) in [6.45, 7) is 4.10. The van der Waals surface area contributed by atoms with E-state index >= 15 is 0 Å². The van der Waals surface area contributed by atoms with Gasteiger partial charge in [0, 0.05) is 18.0 Å². The van der Waals surface area contributed by atoms with Crippen LogP contribution in [-0.2, 0) is 13.5 Å². The summed E-state index contributed by atoms with van der Waals surface area (Å²) >= 11 is 1.57. The Balaban J connectivity index is 2.29. The molecule has 1 heterocycles. The van der Waals surface area contributed by atoms with Crippen molar-refractivity contribution in [3.05, 3.63) is 29.3 Å². The molecule has 6 heteroatoms. The first-order chi connectivity index (χ1) is 8.56. The van der Waals surface area contributed by atoms with Crippen LogP contribution in [0, 0.1) is 6.92 Å². The molecule has 96 valence electrons. The Hall–Kier alpha value is -1.40. The molecule has 0 aliphatic heterocycles. The Kier molecular flexibility index (Phi) is 3.98. The van der Waals surface area contributed by atoms with Crippen LogP contribution in [0.3, 0.4) is 0 Å². The largest absolute Gasteiger partial charge is 0.328 e. The summed E-state index contributed by atoms with van der Waals surface area (Å²) < 4.78 is 1.67. The molecule has 18 heavy (non-hydrogen) atoms. The van der Waals surface area contributed by atoms with Crippen molar-refractivity contribution in [1.82, 2.24) is 20.2 Å². The van der Waals surface area contributed by atoms with E-state index in [-0.39, 0.29) is 6.04 Å². The molecule has 0 bridgehead atoms. The van der Waals surface area contributed by atoms with E-state index in [4.69, 9.17) is 5.73 Å². The molecule has 1 atom stereocenters. The number of hydrogen-bond donors (Lipinski definition) is 1. The van der Waals surface area contributed by atoms with Gasteiger partial charge in [-0.2, -0.15) is 0 Å².